The molecule has 0 bridgehead atoms. The molecule has 10 heteroatoms. The van der Waals surface area contributed by atoms with Crippen molar-refractivity contribution in [2.45, 2.75) is 38.5 Å². The van der Waals surface area contributed by atoms with E-state index in [1.54, 1.807) is 42.5 Å². The van der Waals surface area contributed by atoms with Crippen molar-refractivity contribution in [1.82, 2.24) is 4.98 Å². The van der Waals surface area contributed by atoms with E-state index in [0.29, 0.717) is 58.6 Å². The van der Waals surface area contributed by atoms with Gasteiger partial charge in [-0.1, -0.05) is 13.3 Å². The van der Waals surface area contributed by atoms with E-state index in [4.69, 9.17) is 14.2 Å². The van der Waals surface area contributed by atoms with Crippen LogP contribution in [0.4, 0.5) is 10.8 Å². The number of amides is 2. The molecule has 0 saturated heterocycles. The van der Waals surface area contributed by atoms with Gasteiger partial charge in [-0.25, -0.2) is 9.78 Å². The van der Waals surface area contributed by atoms with Crippen molar-refractivity contribution in [1.29, 1.82) is 0 Å². The number of unbranched alkanes of at least 4 members (excludes halogenated alkanes) is 1. The molecule has 186 valence electrons. The summed E-state index contributed by atoms with van der Waals surface area (Å²) in [6.07, 6.45) is 3.14. The maximum Gasteiger partial charge on any atom is 0.338 e. The molecular weight excluding hydrogens is 482 g/mol. The zero-order chi connectivity index (χ0) is 25.1. The van der Waals surface area contributed by atoms with Crippen molar-refractivity contribution in [2.75, 3.05) is 24.0 Å². The molecule has 2 amide bonds. The molecule has 3 aromatic rings. The van der Waals surface area contributed by atoms with Crippen LogP contribution in [0.2, 0.25) is 0 Å². The topological polar surface area (TPSA) is 116 Å². The summed E-state index contributed by atoms with van der Waals surface area (Å²) < 4.78 is 15.8. The van der Waals surface area contributed by atoms with E-state index in [-0.39, 0.29) is 24.6 Å². The molecule has 1 atom stereocenters. The summed E-state index contributed by atoms with van der Waals surface area (Å²) >= 11 is 1.38. The lowest BCUT2D eigenvalue weighted by molar-refractivity contribution is -0.117. The van der Waals surface area contributed by atoms with E-state index in [0.717, 1.165) is 17.7 Å². The Kier molecular flexibility index (Phi) is 6.86. The number of hydrogen-bond acceptors (Lipinski definition) is 8. The third-order valence-electron chi connectivity index (χ3n) is 6.01. The van der Waals surface area contributed by atoms with Gasteiger partial charge in [-0.15, -0.1) is 11.3 Å². The summed E-state index contributed by atoms with van der Waals surface area (Å²) in [5, 5.41) is 6.17. The Morgan fingerprint density at radius 3 is 2.64 bits per heavy atom. The number of esters is 1. The molecule has 2 aliphatic rings. The Balaban J connectivity index is 1.20. The SMILES string of the molecule is CCCCOC(=O)c1ccc(NC(=O)C2CCc3sc(NC(=O)c4ccc5c(c4)OCO5)nc32)cc1. The molecule has 2 heterocycles. The number of ether oxygens (including phenoxy) is 3. The van der Waals surface area contributed by atoms with E-state index >= 15 is 0 Å². The zero-order valence-corrected chi connectivity index (χ0v) is 20.5. The van der Waals surface area contributed by atoms with Gasteiger partial charge in [-0.3, -0.25) is 14.9 Å². The molecule has 0 spiro atoms. The summed E-state index contributed by atoms with van der Waals surface area (Å²) in [7, 11) is 0. The second-order valence-corrected chi connectivity index (χ2v) is 9.58. The number of aryl methyl sites for hydroxylation is 1. The van der Waals surface area contributed by atoms with Crippen molar-refractivity contribution in [3.05, 3.63) is 64.2 Å². The molecule has 0 radical (unpaired) electrons. The summed E-state index contributed by atoms with van der Waals surface area (Å²) in [5.74, 6) is -0.135. The average Bonchev–Trinajstić information content (AvgIpc) is 3.60. The Bertz CT molecular complexity index is 1300. The molecule has 1 aliphatic carbocycles. The van der Waals surface area contributed by atoms with Crippen LogP contribution >= 0.6 is 11.3 Å². The lowest BCUT2D eigenvalue weighted by Gasteiger charge is -2.11. The largest absolute Gasteiger partial charge is 0.462 e. The molecule has 0 saturated carbocycles. The quantitative estimate of drug-likeness (QED) is 0.334. The standard InChI is InChI=1S/C26H25N3O6S/c1-2-3-12-33-25(32)15-4-7-17(8-5-15)27-24(31)18-9-11-21-22(18)28-26(36-21)29-23(30)16-6-10-19-20(13-16)35-14-34-19/h4-8,10,13,18H,2-3,9,11-12,14H2,1H3,(H,27,31)(H,28,29,30). The molecule has 2 N–H and O–H groups in total. The Morgan fingerprint density at radius 1 is 1.06 bits per heavy atom. The van der Waals surface area contributed by atoms with Crippen LogP contribution in [0.3, 0.4) is 0 Å². The highest BCUT2D eigenvalue weighted by Crippen LogP contribution is 2.39. The van der Waals surface area contributed by atoms with Crippen LogP contribution in [0.1, 0.15) is 63.4 Å². The van der Waals surface area contributed by atoms with E-state index in [9.17, 15) is 14.4 Å². The molecule has 9 nitrogen and oxygen atoms in total. The highest BCUT2D eigenvalue weighted by atomic mass is 32.1. The van der Waals surface area contributed by atoms with Gasteiger partial charge in [0, 0.05) is 16.1 Å². The summed E-state index contributed by atoms with van der Waals surface area (Å²) in [6.45, 7) is 2.56. The summed E-state index contributed by atoms with van der Waals surface area (Å²) in [5.41, 5.74) is 2.15. The minimum atomic E-state index is -0.411. The van der Waals surface area contributed by atoms with Crippen molar-refractivity contribution < 1.29 is 28.6 Å². The number of thiazole rings is 1. The van der Waals surface area contributed by atoms with Gasteiger partial charge >= 0.3 is 5.97 Å². The molecule has 2 aromatic carbocycles. The van der Waals surface area contributed by atoms with Crippen molar-refractivity contribution in [2.24, 2.45) is 0 Å². The number of carbonyl (C=O) groups excluding carboxylic acids is 3. The van der Waals surface area contributed by atoms with E-state index < -0.39 is 5.92 Å². The fourth-order valence-corrected chi connectivity index (χ4v) is 5.09. The van der Waals surface area contributed by atoms with Crippen molar-refractivity contribution >= 4 is 39.9 Å². The van der Waals surface area contributed by atoms with Gasteiger partial charge in [0.25, 0.3) is 5.91 Å². The maximum absolute atomic E-state index is 13.0. The van der Waals surface area contributed by atoms with Crippen LogP contribution in [0.15, 0.2) is 42.5 Å². The van der Waals surface area contributed by atoms with Crippen LogP contribution in [0, 0.1) is 0 Å². The Labute approximate surface area is 211 Å². The number of aromatic nitrogens is 1. The molecular formula is C26H25N3O6S. The smallest absolute Gasteiger partial charge is 0.338 e. The molecule has 1 aliphatic heterocycles. The predicted molar refractivity (Wildman–Crippen MR) is 134 cm³/mol. The second kappa shape index (κ2) is 10.4. The van der Waals surface area contributed by atoms with Gasteiger partial charge in [-0.05, 0) is 61.7 Å². The number of carbonyl (C=O) groups is 3. The van der Waals surface area contributed by atoms with Gasteiger partial charge in [-0.2, -0.15) is 0 Å². The van der Waals surface area contributed by atoms with Crippen LogP contribution in [-0.2, 0) is 16.0 Å². The minimum absolute atomic E-state index is 0.138. The number of fused-ring (bicyclic) bond motifs is 2. The third kappa shape index (κ3) is 5.03. The molecule has 1 aromatic heterocycles. The van der Waals surface area contributed by atoms with Gasteiger partial charge in [0.05, 0.1) is 23.8 Å². The first-order valence-electron chi connectivity index (χ1n) is 11.8. The molecule has 36 heavy (non-hydrogen) atoms. The minimum Gasteiger partial charge on any atom is -0.462 e. The van der Waals surface area contributed by atoms with E-state index in [2.05, 4.69) is 15.6 Å². The fourth-order valence-electron chi connectivity index (χ4n) is 4.05. The fraction of sp³-hybridized carbons (Fsp3) is 0.308. The molecule has 1 unspecified atom stereocenters. The van der Waals surface area contributed by atoms with Gasteiger partial charge in [0.1, 0.15) is 0 Å². The predicted octanol–water partition coefficient (Wildman–Crippen LogP) is 4.75. The highest BCUT2D eigenvalue weighted by Gasteiger charge is 2.33. The van der Waals surface area contributed by atoms with Crippen molar-refractivity contribution in [3.8, 4) is 11.5 Å². The summed E-state index contributed by atoms with van der Waals surface area (Å²) in [4.78, 5) is 43.3. The third-order valence-corrected chi connectivity index (χ3v) is 7.05. The van der Waals surface area contributed by atoms with Gasteiger partial charge in [0.15, 0.2) is 16.6 Å². The number of benzene rings is 2. The average molecular weight is 508 g/mol. The van der Waals surface area contributed by atoms with Gasteiger partial charge in [0.2, 0.25) is 12.7 Å². The van der Waals surface area contributed by atoms with Crippen LogP contribution in [0.25, 0.3) is 0 Å². The lowest BCUT2D eigenvalue weighted by atomic mass is 10.1. The summed E-state index contributed by atoms with van der Waals surface area (Å²) in [6, 6.07) is 11.6. The Morgan fingerprint density at radius 2 is 1.83 bits per heavy atom. The van der Waals surface area contributed by atoms with Crippen molar-refractivity contribution in [3.63, 3.8) is 0 Å². The number of rotatable bonds is 8. The highest BCUT2D eigenvalue weighted by molar-refractivity contribution is 7.16. The monoisotopic (exact) mass is 507 g/mol. The normalized spacial score (nSPS) is 15.3. The van der Waals surface area contributed by atoms with E-state index in [1.807, 2.05) is 6.92 Å². The first-order chi connectivity index (χ1) is 17.5. The van der Waals surface area contributed by atoms with Crippen LogP contribution < -0.4 is 20.1 Å². The first kappa shape index (κ1) is 23.8. The Hall–Kier alpha value is -3.92. The van der Waals surface area contributed by atoms with Crippen LogP contribution in [-0.4, -0.2) is 36.2 Å². The molecule has 5 rings (SSSR count). The second-order valence-electron chi connectivity index (χ2n) is 8.50. The number of anilines is 2. The molecule has 0 fully saturated rings. The number of nitrogens with one attached hydrogen (secondary N) is 2. The van der Waals surface area contributed by atoms with Gasteiger partial charge < -0.3 is 19.5 Å². The van der Waals surface area contributed by atoms with E-state index in [1.165, 1.54) is 11.3 Å². The number of nitrogens with zero attached hydrogens (tertiary/aromatic N) is 1. The zero-order valence-electron chi connectivity index (χ0n) is 19.7. The maximum atomic E-state index is 13.0. The van der Waals surface area contributed by atoms with Crippen LogP contribution in [0.5, 0.6) is 11.5 Å². The number of hydrogen-bond donors (Lipinski definition) is 2. The lowest BCUT2D eigenvalue weighted by Crippen LogP contribution is -2.20. The first-order valence-corrected chi connectivity index (χ1v) is 12.6.